The van der Waals surface area contributed by atoms with E-state index in [0.29, 0.717) is 0 Å². The lowest BCUT2D eigenvalue weighted by atomic mass is 10.0. The number of carbonyl (C=O) groups is 1. The SMILES string of the molecule is CC(Cl)C(=O)c1cccc(C(F)(F)F)c1Cl. The maximum absolute atomic E-state index is 12.5. The molecule has 0 fully saturated rings. The van der Waals surface area contributed by atoms with Crippen LogP contribution in [0.4, 0.5) is 13.2 Å². The third-order valence-corrected chi connectivity index (χ3v) is 2.54. The molecule has 0 aromatic heterocycles. The van der Waals surface area contributed by atoms with Crippen molar-refractivity contribution in [3.63, 3.8) is 0 Å². The Labute approximate surface area is 100 Å². The van der Waals surface area contributed by atoms with Crippen LogP contribution in [0.15, 0.2) is 18.2 Å². The van der Waals surface area contributed by atoms with Crippen LogP contribution in [0.25, 0.3) is 0 Å². The first-order valence-electron chi connectivity index (χ1n) is 4.29. The van der Waals surface area contributed by atoms with Gasteiger partial charge in [-0.05, 0) is 19.1 Å². The summed E-state index contributed by atoms with van der Waals surface area (Å²) in [5, 5.41) is -1.52. The second-order valence-corrected chi connectivity index (χ2v) is 4.18. The van der Waals surface area contributed by atoms with Gasteiger partial charge < -0.3 is 0 Å². The van der Waals surface area contributed by atoms with Crippen molar-refractivity contribution in [2.45, 2.75) is 18.5 Å². The fraction of sp³-hybridized carbons (Fsp3) is 0.300. The predicted octanol–water partition coefficient (Wildman–Crippen LogP) is 4.17. The van der Waals surface area contributed by atoms with E-state index < -0.39 is 27.9 Å². The summed E-state index contributed by atoms with van der Waals surface area (Å²) in [6.45, 7) is 1.38. The third kappa shape index (κ3) is 2.68. The summed E-state index contributed by atoms with van der Waals surface area (Å²) in [5.41, 5.74) is -1.24. The maximum Gasteiger partial charge on any atom is 0.417 e. The average molecular weight is 271 g/mol. The zero-order chi connectivity index (χ0) is 12.5. The normalized spacial score (nSPS) is 13.6. The Bertz CT molecular complexity index is 413. The van der Waals surface area contributed by atoms with E-state index in [-0.39, 0.29) is 5.56 Å². The zero-order valence-electron chi connectivity index (χ0n) is 8.11. The van der Waals surface area contributed by atoms with Gasteiger partial charge in [0.2, 0.25) is 0 Å². The van der Waals surface area contributed by atoms with Crippen molar-refractivity contribution in [3.05, 3.63) is 34.3 Å². The molecule has 1 nitrogen and oxygen atoms in total. The highest BCUT2D eigenvalue weighted by Gasteiger charge is 2.34. The van der Waals surface area contributed by atoms with E-state index in [0.717, 1.165) is 12.1 Å². The first-order valence-corrected chi connectivity index (χ1v) is 5.10. The Morgan fingerprint density at radius 1 is 1.38 bits per heavy atom. The van der Waals surface area contributed by atoms with Gasteiger partial charge in [0.05, 0.1) is 16.0 Å². The van der Waals surface area contributed by atoms with Crippen molar-refractivity contribution in [2.24, 2.45) is 0 Å². The largest absolute Gasteiger partial charge is 0.417 e. The Morgan fingerprint density at radius 2 is 1.94 bits per heavy atom. The molecule has 1 rings (SSSR count). The molecule has 6 heteroatoms. The van der Waals surface area contributed by atoms with E-state index in [2.05, 4.69) is 0 Å². The van der Waals surface area contributed by atoms with Crippen LogP contribution < -0.4 is 0 Å². The van der Waals surface area contributed by atoms with Crippen LogP contribution in [0, 0.1) is 0 Å². The summed E-state index contributed by atoms with van der Waals surface area (Å²) in [4.78, 5) is 11.5. The van der Waals surface area contributed by atoms with E-state index in [9.17, 15) is 18.0 Å². The topological polar surface area (TPSA) is 17.1 Å². The molecule has 0 radical (unpaired) electrons. The molecule has 1 aromatic carbocycles. The summed E-state index contributed by atoms with van der Waals surface area (Å²) in [6.07, 6.45) is -4.58. The van der Waals surface area contributed by atoms with E-state index in [1.807, 2.05) is 0 Å². The van der Waals surface area contributed by atoms with Crippen LogP contribution in [0.2, 0.25) is 5.02 Å². The molecule has 0 N–H and O–H groups in total. The van der Waals surface area contributed by atoms with Gasteiger partial charge in [-0.25, -0.2) is 0 Å². The highest BCUT2D eigenvalue weighted by atomic mass is 35.5. The lowest BCUT2D eigenvalue weighted by molar-refractivity contribution is -0.137. The maximum atomic E-state index is 12.5. The summed E-state index contributed by atoms with van der Waals surface area (Å²) in [7, 11) is 0. The second kappa shape index (κ2) is 4.63. The van der Waals surface area contributed by atoms with Crippen molar-refractivity contribution >= 4 is 29.0 Å². The van der Waals surface area contributed by atoms with Gasteiger partial charge in [0.15, 0.2) is 5.78 Å². The molecule has 1 atom stereocenters. The Balaban J connectivity index is 3.30. The average Bonchev–Trinajstić information content (AvgIpc) is 2.15. The third-order valence-electron chi connectivity index (χ3n) is 1.93. The summed E-state index contributed by atoms with van der Waals surface area (Å²) in [6, 6.07) is 3.16. The fourth-order valence-corrected chi connectivity index (χ4v) is 1.60. The molecule has 0 aliphatic carbocycles. The Morgan fingerprint density at radius 3 is 2.38 bits per heavy atom. The summed E-state index contributed by atoms with van der Waals surface area (Å²) < 4.78 is 37.4. The molecule has 1 aromatic rings. The molecule has 0 spiro atoms. The highest BCUT2D eigenvalue weighted by molar-refractivity contribution is 6.39. The van der Waals surface area contributed by atoms with Crippen LogP contribution in [0.3, 0.4) is 0 Å². The van der Waals surface area contributed by atoms with Crippen molar-refractivity contribution in [1.29, 1.82) is 0 Å². The molecular formula is C10H7Cl2F3O. The van der Waals surface area contributed by atoms with Crippen LogP contribution in [-0.4, -0.2) is 11.2 Å². The fourth-order valence-electron chi connectivity index (χ4n) is 1.16. The lowest BCUT2D eigenvalue weighted by Gasteiger charge is -2.12. The van der Waals surface area contributed by atoms with E-state index in [4.69, 9.17) is 23.2 Å². The van der Waals surface area contributed by atoms with E-state index in [1.165, 1.54) is 13.0 Å². The van der Waals surface area contributed by atoms with Crippen LogP contribution in [0.1, 0.15) is 22.8 Å². The van der Waals surface area contributed by atoms with Crippen LogP contribution in [-0.2, 0) is 6.18 Å². The molecule has 0 amide bonds. The molecule has 0 saturated heterocycles. The molecule has 1 unspecified atom stereocenters. The number of ketones is 1. The van der Waals surface area contributed by atoms with Crippen molar-refractivity contribution in [1.82, 2.24) is 0 Å². The van der Waals surface area contributed by atoms with Gasteiger partial charge in [0.25, 0.3) is 0 Å². The van der Waals surface area contributed by atoms with Crippen molar-refractivity contribution in [3.8, 4) is 0 Å². The van der Waals surface area contributed by atoms with Crippen molar-refractivity contribution in [2.75, 3.05) is 0 Å². The molecule has 88 valence electrons. The van der Waals surface area contributed by atoms with Gasteiger partial charge in [0, 0.05) is 5.56 Å². The van der Waals surface area contributed by atoms with Gasteiger partial charge in [-0.2, -0.15) is 13.2 Å². The van der Waals surface area contributed by atoms with Gasteiger partial charge in [0.1, 0.15) is 0 Å². The molecule has 0 saturated carbocycles. The first-order chi connectivity index (χ1) is 7.25. The monoisotopic (exact) mass is 270 g/mol. The first kappa shape index (κ1) is 13.3. The summed E-state index contributed by atoms with van der Waals surface area (Å²) in [5.74, 6) is -0.627. The Kier molecular flexibility index (Phi) is 3.86. The molecule has 16 heavy (non-hydrogen) atoms. The number of benzene rings is 1. The van der Waals surface area contributed by atoms with Gasteiger partial charge in [-0.15, -0.1) is 11.6 Å². The number of rotatable bonds is 2. The quantitative estimate of drug-likeness (QED) is 0.582. The van der Waals surface area contributed by atoms with Crippen LogP contribution >= 0.6 is 23.2 Å². The van der Waals surface area contributed by atoms with Gasteiger partial charge in [-0.1, -0.05) is 17.7 Å². The number of hydrogen-bond acceptors (Lipinski definition) is 1. The molecule has 0 aliphatic heterocycles. The number of halogens is 5. The second-order valence-electron chi connectivity index (χ2n) is 3.15. The van der Waals surface area contributed by atoms with E-state index in [1.54, 1.807) is 0 Å². The number of carbonyl (C=O) groups excluding carboxylic acids is 1. The minimum atomic E-state index is -4.58. The standard InChI is InChI=1S/C10H7Cl2F3O/c1-5(11)9(16)6-3-2-4-7(8(6)12)10(13,14)15/h2-5H,1H3. The zero-order valence-corrected chi connectivity index (χ0v) is 9.62. The smallest absolute Gasteiger partial charge is 0.292 e. The van der Waals surface area contributed by atoms with Crippen LogP contribution in [0.5, 0.6) is 0 Å². The molecule has 0 heterocycles. The highest BCUT2D eigenvalue weighted by Crippen LogP contribution is 2.36. The van der Waals surface area contributed by atoms with Gasteiger partial charge in [-0.3, -0.25) is 4.79 Å². The number of alkyl halides is 4. The minimum absolute atomic E-state index is 0.209. The molecule has 0 aliphatic rings. The number of hydrogen-bond donors (Lipinski definition) is 0. The van der Waals surface area contributed by atoms with Crippen molar-refractivity contribution < 1.29 is 18.0 Å². The Hall–Kier alpha value is -0.740. The number of Topliss-reactive ketones (excluding diaryl/α,β-unsaturated/α-hetero) is 1. The minimum Gasteiger partial charge on any atom is -0.292 e. The molecule has 0 bridgehead atoms. The van der Waals surface area contributed by atoms with E-state index >= 15 is 0 Å². The molecular weight excluding hydrogens is 264 g/mol. The summed E-state index contributed by atoms with van der Waals surface area (Å²) >= 11 is 11.0. The van der Waals surface area contributed by atoms with Gasteiger partial charge >= 0.3 is 6.18 Å². The predicted molar refractivity (Wildman–Crippen MR) is 56.1 cm³/mol. The lowest BCUT2D eigenvalue weighted by Crippen LogP contribution is -2.14.